The SMILES string of the molecule is O=C(Nc1nn(Cc2ccc(Cl)cc2Cl)cc1Cl)c1ccn(COc2ccc(Br)cc2Cl)n1. The van der Waals surface area contributed by atoms with Gasteiger partial charge in [-0.05, 0) is 42.0 Å². The van der Waals surface area contributed by atoms with E-state index < -0.39 is 5.91 Å². The van der Waals surface area contributed by atoms with E-state index in [2.05, 4.69) is 31.4 Å². The van der Waals surface area contributed by atoms with Crippen LogP contribution in [-0.4, -0.2) is 25.5 Å². The molecule has 2 heterocycles. The Bertz CT molecular complexity index is 1320. The summed E-state index contributed by atoms with van der Waals surface area (Å²) in [5, 5.41) is 13.0. The molecule has 0 saturated carbocycles. The molecule has 0 aliphatic rings. The maximum Gasteiger partial charge on any atom is 0.277 e. The second kappa shape index (κ2) is 10.4. The zero-order valence-electron chi connectivity index (χ0n) is 16.6. The van der Waals surface area contributed by atoms with E-state index >= 15 is 0 Å². The molecule has 0 unspecified atom stereocenters. The van der Waals surface area contributed by atoms with Gasteiger partial charge in [-0.2, -0.15) is 10.2 Å². The van der Waals surface area contributed by atoms with Crippen LogP contribution < -0.4 is 10.1 Å². The van der Waals surface area contributed by atoms with Crippen LogP contribution >= 0.6 is 62.3 Å². The van der Waals surface area contributed by atoms with Crippen LogP contribution in [0.1, 0.15) is 16.1 Å². The average Bonchev–Trinajstić information content (AvgIpc) is 3.36. The van der Waals surface area contributed by atoms with Gasteiger partial charge in [-0.3, -0.25) is 9.48 Å². The highest BCUT2D eigenvalue weighted by Crippen LogP contribution is 2.28. The van der Waals surface area contributed by atoms with Gasteiger partial charge in [0.2, 0.25) is 0 Å². The van der Waals surface area contributed by atoms with E-state index in [1.165, 1.54) is 4.68 Å². The fourth-order valence-electron chi connectivity index (χ4n) is 2.84. The molecule has 0 atom stereocenters. The first kappa shape index (κ1) is 23.9. The number of anilines is 1. The van der Waals surface area contributed by atoms with Crippen molar-refractivity contribution in [3.63, 3.8) is 0 Å². The van der Waals surface area contributed by atoms with Crippen LogP contribution in [0.25, 0.3) is 0 Å². The van der Waals surface area contributed by atoms with Gasteiger partial charge in [0, 0.05) is 26.9 Å². The van der Waals surface area contributed by atoms with Gasteiger partial charge < -0.3 is 10.1 Å². The smallest absolute Gasteiger partial charge is 0.277 e. The molecule has 170 valence electrons. The van der Waals surface area contributed by atoms with Crippen molar-refractivity contribution in [1.29, 1.82) is 0 Å². The number of hydrogen-bond donors (Lipinski definition) is 1. The molecule has 2 aromatic heterocycles. The summed E-state index contributed by atoms with van der Waals surface area (Å²) in [5.74, 6) is 0.241. The molecule has 4 rings (SSSR count). The Kier molecular flexibility index (Phi) is 7.51. The molecule has 2 aromatic carbocycles. The maximum absolute atomic E-state index is 12.6. The lowest BCUT2D eigenvalue weighted by Crippen LogP contribution is -2.15. The highest BCUT2D eigenvalue weighted by atomic mass is 79.9. The lowest BCUT2D eigenvalue weighted by molar-refractivity contribution is 0.101. The van der Waals surface area contributed by atoms with E-state index in [0.717, 1.165) is 10.0 Å². The second-order valence-electron chi connectivity index (χ2n) is 6.80. The molecule has 0 radical (unpaired) electrons. The van der Waals surface area contributed by atoms with Crippen molar-refractivity contribution in [3.8, 4) is 5.75 Å². The van der Waals surface area contributed by atoms with Crippen molar-refractivity contribution in [3.05, 3.63) is 90.7 Å². The molecule has 0 bridgehead atoms. The minimum atomic E-state index is -0.466. The molecular formula is C21H14BrCl4N5O2. The summed E-state index contributed by atoms with van der Waals surface area (Å²) in [7, 11) is 0. The number of nitrogens with zero attached hydrogens (tertiary/aromatic N) is 4. The number of nitrogens with one attached hydrogen (secondary N) is 1. The predicted molar refractivity (Wildman–Crippen MR) is 133 cm³/mol. The number of benzene rings is 2. The van der Waals surface area contributed by atoms with Gasteiger partial charge in [-0.15, -0.1) is 0 Å². The van der Waals surface area contributed by atoms with Gasteiger partial charge in [-0.25, -0.2) is 4.68 Å². The largest absolute Gasteiger partial charge is 0.470 e. The summed E-state index contributed by atoms with van der Waals surface area (Å²) < 4.78 is 9.53. The highest BCUT2D eigenvalue weighted by Gasteiger charge is 2.16. The Hall–Kier alpha value is -2.23. The lowest BCUT2D eigenvalue weighted by atomic mass is 10.2. The topological polar surface area (TPSA) is 74.0 Å². The number of halogens is 5. The van der Waals surface area contributed by atoms with Gasteiger partial charge in [-0.1, -0.05) is 68.4 Å². The highest BCUT2D eigenvalue weighted by molar-refractivity contribution is 9.10. The summed E-state index contributed by atoms with van der Waals surface area (Å²) in [6.45, 7) is 0.433. The summed E-state index contributed by atoms with van der Waals surface area (Å²) in [5.41, 5.74) is 0.981. The van der Waals surface area contributed by atoms with Crippen molar-refractivity contribution in [2.24, 2.45) is 0 Å². The van der Waals surface area contributed by atoms with Crippen molar-refractivity contribution < 1.29 is 9.53 Å². The fraction of sp³-hybridized carbons (Fsp3) is 0.0952. The van der Waals surface area contributed by atoms with E-state index in [-0.39, 0.29) is 23.3 Å². The molecule has 0 spiro atoms. The Morgan fingerprint density at radius 3 is 2.55 bits per heavy atom. The number of amides is 1. The third-order valence-corrected chi connectivity index (χ3v) is 6.07. The normalized spacial score (nSPS) is 10.9. The zero-order chi connectivity index (χ0) is 23.5. The third-order valence-electron chi connectivity index (χ3n) is 4.42. The molecule has 33 heavy (non-hydrogen) atoms. The molecule has 12 heteroatoms. The van der Waals surface area contributed by atoms with Crippen molar-refractivity contribution in [2.45, 2.75) is 13.3 Å². The van der Waals surface area contributed by atoms with Crippen LogP contribution in [0.3, 0.4) is 0 Å². The van der Waals surface area contributed by atoms with E-state index in [1.807, 2.05) is 6.07 Å². The molecular weight excluding hydrogens is 576 g/mol. The molecule has 0 fully saturated rings. The monoisotopic (exact) mass is 587 g/mol. The Balaban J connectivity index is 1.39. The van der Waals surface area contributed by atoms with Gasteiger partial charge in [0.1, 0.15) is 10.8 Å². The van der Waals surface area contributed by atoms with Crippen LogP contribution in [0.4, 0.5) is 5.82 Å². The molecule has 0 saturated heterocycles. The zero-order valence-corrected chi connectivity index (χ0v) is 21.2. The molecule has 7 nitrogen and oxygen atoms in total. The number of ether oxygens (including phenoxy) is 1. The molecule has 0 aliphatic carbocycles. The van der Waals surface area contributed by atoms with Crippen molar-refractivity contribution in [2.75, 3.05) is 5.32 Å². The standard InChI is InChI=1S/C21H14BrCl4N5O2/c22-13-2-4-19(16(25)7-13)33-11-30-6-5-18(28-30)21(32)27-20-17(26)10-31(29-20)9-12-1-3-14(23)8-15(12)24/h1-8,10H,9,11H2,(H,27,29,32). The molecule has 4 aromatic rings. The number of rotatable bonds is 7. The first-order valence-corrected chi connectivity index (χ1v) is 11.7. The Labute approximate surface area is 217 Å². The van der Waals surface area contributed by atoms with Gasteiger partial charge in [0.15, 0.2) is 18.2 Å². The Morgan fingerprint density at radius 1 is 0.970 bits per heavy atom. The quantitative estimate of drug-likeness (QED) is 0.257. The molecule has 1 N–H and O–H groups in total. The average molecular weight is 590 g/mol. The van der Waals surface area contributed by atoms with Crippen molar-refractivity contribution >= 4 is 74.1 Å². The van der Waals surface area contributed by atoms with Gasteiger partial charge in [0.05, 0.1) is 11.6 Å². The van der Waals surface area contributed by atoms with Crippen LogP contribution in [-0.2, 0) is 13.3 Å². The number of aromatic nitrogens is 4. The van der Waals surface area contributed by atoms with E-state index in [9.17, 15) is 4.79 Å². The van der Waals surface area contributed by atoms with E-state index in [0.29, 0.717) is 27.4 Å². The van der Waals surface area contributed by atoms with E-state index in [4.69, 9.17) is 51.1 Å². The Morgan fingerprint density at radius 2 is 1.79 bits per heavy atom. The predicted octanol–water partition coefficient (Wildman–Crippen LogP) is 6.79. The van der Waals surface area contributed by atoms with Gasteiger partial charge in [0.25, 0.3) is 5.91 Å². The third kappa shape index (κ3) is 6.02. The summed E-state index contributed by atoms with van der Waals surface area (Å²) in [4.78, 5) is 12.6. The molecule has 1 amide bonds. The van der Waals surface area contributed by atoms with Crippen LogP contribution in [0, 0.1) is 0 Å². The summed E-state index contributed by atoms with van der Waals surface area (Å²) in [6.07, 6.45) is 3.21. The van der Waals surface area contributed by atoms with E-state index in [1.54, 1.807) is 53.5 Å². The first-order valence-electron chi connectivity index (χ1n) is 9.38. The summed E-state index contributed by atoms with van der Waals surface area (Å²) >= 11 is 27.9. The van der Waals surface area contributed by atoms with Crippen LogP contribution in [0.5, 0.6) is 5.75 Å². The molecule has 0 aliphatic heterocycles. The second-order valence-corrected chi connectivity index (χ2v) is 9.38. The lowest BCUT2D eigenvalue weighted by Gasteiger charge is -2.08. The minimum absolute atomic E-state index is 0.0753. The van der Waals surface area contributed by atoms with Crippen LogP contribution in [0.15, 0.2) is 59.3 Å². The number of hydrogen-bond acceptors (Lipinski definition) is 4. The number of carbonyl (C=O) groups excluding carboxylic acids is 1. The minimum Gasteiger partial charge on any atom is -0.470 e. The first-order chi connectivity index (χ1) is 15.8. The fourth-order valence-corrected chi connectivity index (χ4v) is 4.24. The maximum atomic E-state index is 12.6. The summed E-state index contributed by atoms with van der Waals surface area (Å²) in [6, 6.07) is 12.0. The van der Waals surface area contributed by atoms with Gasteiger partial charge >= 0.3 is 0 Å². The van der Waals surface area contributed by atoms with Crippen molar-refractivity contribution in [1.82, 2.24) is 19.6 Å². The van der Waals surface area contributed by atoms with Crippen LogP contribution in [0.2, 0.25) is 20.1 Å². The number of carbonyl (C=O) groups is 1.